The summed E-state index contributed by atoms with van der Waals surface area (Å²) < 4.78 is 5.27. The number of benzene rings is 2. The van der Waals surface area contributed by atoms with Crippen LogP contribution < -0.4 is 4.90 Å². The van der Waals surface area contributed by atoms with E-state index in [-0.39, 0.29) is 5.91 Å². The van der Waals surface area contributed by atoms with E-state index in [1.165, 1.54) is 11.3 Å². The summed E-state index contributed by atoms with van der Waals surface area (Å²) in [5.41, 5.74) is 4.46. The van der Waals surface area contributed by atoms with Gasteiger partial charge < -0.3 is 4.52 Å². The molecular weight excluding hydrogens is 438 g/mol. The summed E-state index contributed by atoms with van der Waals surface area (Å²) in [7, 11) is 0. The highest BCUT2D eigenvalue weighted by molar-refractivity contribution is 7.98. The molecule has 0 aliphatic heterocycles. The second-order valence-electron chi connectivity index (χ2n) is 7.17. The summed E-state index contributed by atoms with van der Waals surface area (Å²) in [5.74, 6) is 1.39. The number of aryl methyl sites for hydroxylation is 2. The van der Waals surface area contributed by atoms with Crippen molar-refractivity contribution in [3.63, 3.8) is 0 Å². The number of hydrogen-bond acceptors (Lipinski definition) is 6. The number of nitrogens with zero attached hydrogens (tertiary/aromatic N) is 3. The van der Waals surface area contributed by atoms with Crippen molar-refractivity contribution in [3.8, 4) is 11.3 Å². The van der Waals surface area contributed by atoms with Crippen LogP contribution >= 0.6 is 23.1 Å². The van der Waals surface area contributed by atoms with Gasteiger partial charge in [0.05, 0.1) is 17.0 Å². The zero-order valence-electron chi connectivity index (χ0n) is 17.9. The number of rotatable bonds is 8. The van der Waals surface area contributed by atoms with E-state index < -0.39 is 0 Å². The van der Waals surface area contributed by atoms with Gasteiger partial charge in [-0.1, -0.05) is 53.7 Å². The molecule has 0 bridgehead atoms. The highest BCUT2D eigenvalue weighted by atomic mass is 32.2. The molecule has 32 heavy (non-hydrogen) atoms. The lowest BCUT2D eigenvalue weighted by atomic mass is 10.2. The molecule has 7 heteroatoms. The molecule has 0 spiro atoms. The second kappa shape index (κ2) is 9.97. The maximum absolute atomic E-state index is 13.6. The Morgan fingerprint density at radius 3 is 2.62 bits per heavy atom. The van der Waals surface area contributed by atoms with Crippen molar-refractivity contribution in [3.05, 3.63) is 95.2 Å². The maximum atomic E-state index is 13.6. The number of thiazole rings is 1. The minimum atomic E-state index is -0.0966. The Labute approximate surface area is 195 Å². The van der Waals surface area contributed by atoms with Crippen LogP contribution in [0.15, 0.2) is 82.1 Å². The van der Waals surface area contributed by atoms with Crippen LogP contribution in [0, 0.1) is 13.8 Å². The highest BCUT2D eigenvalue weighted by Crippen LogP contribution is 2.32. The summed E-state index contributed by atoms with van der Waals surface area (Å²) in [6.07, 6.45) is 1.72. The molecule has 0 fully saturated rings. The molecule has 0 radical (unpaired) electrons. The van der Waals surface area contributed by atoms with E-state index in [1.54, 1.807) is 22.7 Å². The minimum absolute atomic E-state index is 0.0966. The van der Waals surface area contributed by atoms with Crippen molar-refractivity contribution in [2.24, 2.45) is 0 Å². The van der Waals surface area contributed by atoms with E-state index in [1.807, 2.05) is 73.8 Å². The van der Waals surface area contributed by atoms with Crippen molar-refractivity contribution in [2.75, 3.05) is 11.4 Å². The molecule has 4 aromatic rings. The third-order valence-electron chi connectivity index (χ3n) is 5.02. The number of hydrogen-bond donors (Lipinski definition) is 0. The number of amides is 1. The maximum Gasteiger partial charge on any atom is 0.261 e. The summed E-state index contributed by atoms with van der Waals surface area (Å²) in [5, 5.41) is 6.65. The fourth-order valence-electron chi connectivity index (χ4n) is 3.28. The van der Waals surface area contributed by atoms with Gasteiger partial charge in [-0.25, -0.2) is 4.98 Å². The molecule has 162 valence electrons. The molecule has 2 heterocycles. The number of carbonyl (C=O) groups is 1. The van der Waals surface area contributed by atoms with Crippen molar-refractivity contribution < 1.29 is 9.32 Å². The van der Waals surface area contributed by atoms with Crippen molar-refractivity contribution in [1.82, 2.24) is 10.1 Å². The van der Waals surface area contributed by atoms with Gasteiger partial charge in [0.2, 0.25) is 0 Å². The molecule has 0 aliphatic carbocycles. The van der Waals surface area contributed by atoms with E-state index in [0.29, 0.717) is 23.0 Å². The highest BCUT2D eigenvalue weighted by Gasteiger charge is 2.23. The number of anilines is 1. The second-order valence-corrected chi connectivity index (χ2v) is 9.03. The quantitative estimate of drug-likeness (QED) is 0.220. The molecule has 1 amide bonds. The molecule has 2 aromatic carbocycles. The largest absolute Gasteiger partial charge is 0.361 e. The van der Waals surface area contributed by atoms with E-state index in [4.69, 9.17) is 9.51 Å². The van der Waals surface area contributed by atoms with Crippen LogP contribution in [0.25, 0.3) is 11.3 Å². The van der Waals surface area contributed by atoms with Crippen LogP contribution in [0.4, 0.5) is 5.13 Å². The van der Waals surface area contributed by atoms with Crippen molar-refractivity contribution >= 4 is 34.1 Å². The average molecular weight is 462 g/mol. The van der Waals surface area contributed by atoms with Crippen LogP contribution in [-0.2, 0) is 5.75 Å². The van der Waals surface area contributed by atoms with Crippen LogP contribution in [0.3, 0.4) is 0 Å². The van der Waals surface area contributed by atoms with E-state index in [0.717, 1.165) is 33.2 Å². The first-order valence-corrected chi connectivity index (χ1v) is 12.0. The first-order valence-electron chi connectivity index (χ1n) is 10.2. The Balaban J connectivity index is 1.60. The normalized spacial score (nSPS) is 10.8. The van der Waals surface area contributed by atoms with Crippen molar-refractivity contribution in [2.45, 2.75) is 24.5 Å². The summed E-state index contributed by atoms with van der Waals surface area (Å²) in [6.45, 7) is 8.06. The minimum Gasteiger partial charge on any atom is -0.361 e. The van der Waals surface area contributed by atoms with Crippen LogP contribution in [-0.4, -0.2) is 22.6 Å². The smallest absolute Gasteiger partial charge is 0.261 e. The lowest BCUT2D eigenvalue weighted by molar-refractivity contribution is 0.0987. The van der Waals surface area contributed by atoms with Gasteiger partial charge in [0.15, 0.2) is 5.13 Å². The summed E-state index contributed by atoms with van der Waals surface area (Å²) >= 11 is 3.06. The van der Waals surface area contributed by atoms with Crippen LogP contribution in [0.5, 0.6) is 0 Å². The molecule has 0 atom stereocenters. The number of thioether (sulfide) groups is 1. The molecule has 0 N–H and O–H groups in total. The molecule has 2 aromatic heterocycles. The zero-order chi connectivity index (χ0) is 22.5. The SMILES string of the molecule is C=CCN(C(=O)c1ccccc1SCc1c(C)noc1C)c1nc(-c2ccccc2)cs1. The fraction of sp³-hybridized carbons (Fsp3) is 0.160. The number of carbonyl (C=O) groups excluding carboxylic acids is 1. The third-order valence-corrected chi connectivity index (χ3v) is 6.98. The van der Waals surface area contributed by atoms with Gasteiger partial charge in [-0.3, -0.25) is 9.69 Å². The van der Waals surface area contributed by atoms with E-state index in [9.17, 15) is 4.79 Å². The Morgan fingerprint density at radius 2 is 1.91 bits per heavy atom. The first-order chi connectivity index (χ1) is 15.6. The standard InChI is InChI=1S/C25H23N3O2S2/c1-4-14-28(25-26-22(16-32-25)19-10-6-5-7-11-19)24(29)20-12-8-9-13-23(20)31-15-21-17(2)27-30-18(21)3/h4-13,16H,1,14-15H2,2-3H3. The van der Waals surface area contributed by atoms with E-state index >= 15 is 0 Å². The predicted octanol–water partition coefficient (Wildman–Crippen LogP) is 6.54. The Hall–Kier alpha value is -3.16. The van der Waals surface area contributed by atoms with Gasteiger partial charge >= 0.3 is 0 Å². The Kier molecular flexibility index (Phi) is 6.87. The fourth-order valence-corrected chi connectivity index (χ4v) is 5.32. The summed E-state index contributed by atoms with van der Waals surface area (Å²) in [6, 6.07) is 17.6. The monoisotopic (exact) mass is 461 g/mol. The van der Waals surface area contributed by atoms with Gasteiger partial charge in [-0.05, 0) is 26.0 Å². The third kappa shape index (κ3) is 4.69. The van der Waals surface area contributed by atoms with Crippen molar-refractivity contribution in [1.29, 1.82) is 0 Å². The molecule has 0 saturated heterocycles. The van der Waals surface area contributed by atoms with Crippen LogP contribution in [0.1, 0.15) is 27.4 Å². The lowest BCUT2D eigenvalue weighted by Gasteiger charge is -2.19. The first kappa shape index (κ1) is 22.0. The molecule has 5 nitrogen and oxygen atoms in total. The topological polar surface area (TPSA) is 59.2 Å². The average Bonchev–Trinajstić information content (AvgIpc) is 3.43. The van der Waals surface area contributed by atoms with Gasteiger partial charge in [0.25, 0.3) is 5.91 Å². The summed E-state index contributed by atoms with van der Waals surface area (Å²) in [4.78, 5) is 20.9. The van der Waals surface area contributed by atoms with Gasteiger partial charge in [0, 0.05) is 33.7 Å². The van der Waals surface area contributed by atoms with Gasteiger partial charge in [0.1, 0.15) is 5.76 Å². The molecule has 0 unspecified atom stereocenters. The van der Waals surface area contributed by atoms with Crippen LogP contribution in [0.2, 0.25) is 0 Å². The Bertz CT molecular complexity index is 1210. The Morgan fingerprint density at radius 1 is 1.16 bits per heavy atom. The molecular formula is C25H23N3O2S2. The molecule has 0 saturated carbocycles. The molecule has 4 rings (SSSR count). The predicted molar refractivity (Wildman–Crippen MR) is 131 cm³/mol. The molecule has 0 aliphatic rings. The number of aromatic nitrogens is 2. The lowest BCUT2D eigenvalue weighted by Crippen LogP contribution is -2.31. The van der Waals surface area contributed by atoms with Gasteiger partial charge in [-0.15, -0.1) is 29.7 Å². The zero-order valence-corrected chi connectivity index (χ0v) is 19.6. The van der Waals surface area contributed by atoms with E-state index in [2.05, 4.69) is 11.7 Å². The van der Waals surface area contributed by atoms with Gasteiger partial charge in [-0.2, -0.15) is 0 Å².